The fourth-order valence-electron chi connectivity index (χ4n) is 5.82. The summed E-state index contributed by atoms with van der Waals surface area (Å²) in [6, 6.07) is 11.2. The Morgan fingerprint density at radius 1 is 1.16 bits per heavy atom. The number of amides is 2. The number of carbonyl (C=O) groups is 3. The van der Waals surface area contributed by atoms with Crippen molar-refractivity contribution in [2.45, 2.75) is 52.5 Å². The summed E-state index contributed by atoms with van der Waals surface area (Å²) in [5, 5.41) is 2.94. The first-order valence-corrected chi connectivity index (χ1v) is 12.7. The minimum absolute atomic E-state index is 0.00807. The Morgan fingerprint density at radius 3 is 2.65 bits per heavy atom. The third kappa shape index (κ3) is 5.58. The van der Waals surface area contributed by atoms with E-state index in [1.165, 1.54) is 7.11 Å². The van der Waals surface area contributed by atoms with Crippen LogP contribution in [0.1, 0.15) is 50.9 Å². The van der Waals surface area contributed by atoms with Crippen LogP contribution in [0.3, 0.4) is 0 Å². The van der Waals surface area contributed by atoms with Gasteiger partial charge < -0.3 is 24.1 Å². The second-order valence-electron chi connectivity index (χ2n) is 10.7. The molecule has 4 rings (SSSR count). The summed E-state index contributed by atoms with van der Waals surface area (Å²) in [6.07, 6.45) is 5.65. The summed E-state index contributed by atoms with van der Waals surface area (Å²) in [5.74, 6) is -0.0568. The normalized spacial score (nSPS) is 22.6. The van der Waals surface area contributed by atoms with E-state index in [0.29, 0.717) is 30.8 Å². The molecule has 0 unspecified atom stereocenters. The van der Waals surface area contributed by atoms with Gasteiger partial charge in [0.2, 0.25) is 11.8 Å². The van der Waals surface area contributed by atoms with Crippen LogP contribution in [0.25, 0.3) is 0 Å². The Bertz CT molecular complexity index is 1170. The second kappa shape index (κ2) is 10.8. The van der Waals surface area contributed by atoms with Gasteiger partial charge in [-0.2, -0.15) is 0 Å². The predicted molar refractivity (Wildman–Crippen MR) is 137 cm³/mol. The largest absolute Gasteiger partial charge is 0.496 e. The van der Waals surface area contributed by atoms with Gasteiger partial charge >= 0.3 is 5.97 Å². The highest BCUT2D eigenvalue weighted by atomic mass is 16.5. The topological polar surface area (TPSA) is 98.1 Å². The van der Waals surface area contributed by atoms with Gasteiger partial charge in [-0.05, 0) is 54.9 Å². The van der Waals surface area contributed by atoms with Gasteiger partial charge in [0.05, 0.1) is 27.0 Å². The summed E-state index contributed by atoms with van der Waals surface area (Å²) in [7, 11) is 3.00. The number of benzene rings is 1. The standard InChI is InChI=1S/C29H36N2O6/c1-28(2)13-11-24-29(19-28,27(34)36-4)17-21(26(33)31(24)18-22-9-7-15-37-22)16-25(32)30-14-12-20-8-5-6-10-23(20)35-3/h5-11,15,21H,12-14,16-19H2,1-4H3,(H,30,32)/t21-,29-/m1/s1. The van der Waals surface area contributed by atoms with Crippen molar-refractivity contribution < 1.29 is 28.3 Å². The Labute approximate surface area is 218 Å². The Hall–Kier alpha value is -3.55. The van der Waals surface area contributed by atoms with Crippen LogP contribution in [0.15, 0.2) is 58.9 Å². The molecule has 2 atom stereocenters. The van der Waals surface area contributed by atoms with E-state index in [9.17, 15) is 14.4 Å². The summed E-state index contributed by atoms with van der Waals surface area (Å²) >= 11 is 0. The van der Waals surface area contributed by atoms with Crippen molar-refractivity contribution in [2.24, 2.45) is 16.7 Å². The number of hydrogen-bond donors (Lipinski definition) is 1. The number of para-hydroxylation sites is 1. The lowest BCUT2D eigenvalue weighted by Gasteiger charge is -2.51. The van der Waals surface area contributed by atoms with E-state index in [1.807, 2.05) is 30.3 Å². The van der Waals surface area contributed by atoms with Gasteiger partial charge in [0.1, 0.15) is 16.9 Å². The summed E-state index contributed by atoms with van der Waals surface area (Å²) < 4.78 is 16.2. The number of nitrogens with one attached hydrogen (secondary N) is 1. The lowest BCUT2D eigenvalue weighted by molar-refractivity contribution is -0.162. The molecule has 1 N–H and O–H groups in total. The van der Waals surface area contributed by atoms with Gasteiger partial charge in [-0.3, -0.25) is 14.4 Å². The van der Waals surface area contributed by atoms with E-state index in [0.717, 1.165) is 17.7 Å². The third-order valence-electron chi connectivity index (χ3n) is 7.43. The number of allylic oxidation sites excluding steroid dienone is 1. The molecule has 2 amide bonds. The van der Waals surface area contributed by atoms with Crippen molar-refractivity contribution in [1.29, 1.82) is 0 Å². The van der Waals surface area contributed by atoms with Crippen LogP contribution in [0.5, 0.6) is 5.75 Å². The summed E-state index contributed by atoms with van der Waals surface area (Å²) in [4.78, 5) is 41.7. The second-order valence-corrected chi connectivity index (χ2v) is 10.7. The van der Waals surface area contributed by atoms with Crippen molar-refractivity contribution in [3.63, 3.8) is 0 Å². The number of fused-ring (bicyclic) bond motifs is 1. The lowest BCUT2D eigenvalue weighted by atomic mass is 9.59. The van der Waals surface area contributed by atoms with Crippen molar-refractivity contribution in [3.8, 4) is 5.75 Å². The molecule has 2 heterocycles. The molecule has 0 spiro atoms. The molecular weight excluding hydrogens is 472 g/mol. The van der Waals surface area contributed by atoms with Gasteiger partial charge in [0.25, 0.3) is 0 Å². The fourth-order valence-corrected chi connectivity index (χ4v) is 5.82. The Morgan fingerprint density at radius 2 is 1.95 bits per heavy atom. The average molecular weight is 509 g/mol. The van der Waals surface area contributed by atoms with Crippen molar-refractivity contribution in [3.05, 3.63) is 65.8 Å². The van der Waals surface area contributed by atoms with Gasteiger partial charge in [0.15, 0.2) is 0 Å². The number of nitrogens with zero attached hydrogens (tertiary/aromatic N) is 1. The number of rotatable bonds is 9. The molecule has 0 bridgehead atoms. The number of piperidine rings is 1. The van der Waals surface area contributed by atoms with Gasteiger partial charge in [-0.1, -0.05) is 38.1 Å². The number of furan rings is 1. The molecule has 1 aromatic heterocycles. The molecular formula is C29H36N2O6. The molecule has 1 aromatic carbocycles. The van der Waals surface area contributed by atoms with E-state index in [1.54, 1.807) is 30.4 Å². The molecule has 1 aliphatic carbocycles. The van der Waals surface area contributed by atoms with Crippen molar-refractivity contribution >= 4 is 17.8 Å². The van der Waals surface area contributed by atoms with E-state index in [-0.39, 0.29) is 42.6 Å². The fraction of sp³-hybridized carbons (Fsp3) is 0.483. The maximum Gasteiger partial charge on any atom is 0.317 e. The molecule has 37 heavy (non-hydrogen) atoms. The van der Waals surface area contributed by atoms with Crippen LogP contribution in [0.4, 0.5) is 0 Å². The van der Waals surface area contributed by atoms with Crippen molar-refractivity contribution in [1.82, 2.24) is 10.2 Å². The quantitative estimate of drug-likeness (QED) is 0.509. The van der Waals surface area contributed by atoms with E-state index in [4.69, 9.17) is 13.9 Å². The molecule has 1 saturated heterocycles. The minimum atomic E-state index is -1.00. The van der Waals surface area contributed by atoms with Gasteiger partial charge in [0, 0.05) is 24.6 Å². The smallest absolute Gasteiger partial charge is 0.317 e. The van der Waals surface area contributed by atoms with Gasteiger partial charge in [-0.15, -0.1) is 0 Å². The summed E-state index contributed by atoms with van der Waals surface area (Å²) in [6.45, 7) is 4.83. The number of hydrogen-bond acceptors (Lipinski definition) is 6. The SMILES string of the molecule is COC(=O)[C@@]12C[C@@H](CC(=O)NCCc3ccccc3OC)C(=O)N(Cc3ccco3)C1=CCC(C)(C)C2. The van der Waals surface area contributed by atoms with Crippen LogP contribution in [-0.2, 0) is 32.1 Å². The Kier molecular flexibility index (Phi) is 7.76. The number of likely N-dealkylation sites (tertiary alicyclic amines) is 1. The zero-order valence-corrected chi connectivity index (χ0v) is 22.0. The Balaban J connectivity index is 1.55. The zero-order chi connectivity index (χ0) is 26.6. The highest BCUT2D eigenvalue weighted by molar-refractivity contribution is 5.92. The molecule has 0 saturated carbocycles. The van der Waals surface area contributed by atoms with E-state index < -0.39 is 11.3 Å². The number of methoxy groups -OCH3 is 2. The molecule has 8 heteroatoms. The van der Waals surface area contributed by atoms with Crippen LogP contribution in [-0.4, -0.2) is 43.4 Å². The summed E-state index contributed by atoms with van der Waals surface area (Å²) in [5.41, 5.74) is 0.496. The first-order valence-electron chi connectivity index (χ1n) is 12.7. The highest BCUT2D eigenvalue weighted by Gasteiger charge is 2.57. The molecule has 2 aliphatic rings. The first-order chi connectivity index (χ1) is 17.7. The average Bonchev–Trinajstić information content (AvgIpc) is 3.39. The first kappa shape index (κ1) is 26.5. The lowest BCUT2D eigenvalue weighted by Crippen LogP contribution is -2.55. The minimum Gasteiger partial charge on any atom is -0.496 e. The van der Waals surface area contributed by atoms with E-state index in [2.05, 4.69) is 19.2 Å². The molecule has 1 fully saturated rings. The van der Waals surface area contributed by atoms with Crippen LogP contribution >= 0.6 is 0 Å². The molecule has 1 aliphatic heterocycles. The number of ether oxygens (including phenoxy) is 2. The monoisotopic (exact) mass is 508 g/mol. The maximum absolute atomic E-state index is 13.7. The molecule has 0 radical (unpaired) electrons. The molecule has 2 aromatic rings. The molecule has 8 nitrogen and oxygen atoms in total. The van der Waals surface area contributed by atoms with Crippen molar-refractivity contribution in [2.75, 3.05) is 20.8 Å². The van der Waals surface area contributed by atoms with Crippen LogP contribution in [0.2, 0.25) is 0 Å². The predicted octanol–water partition coefficient (Wildman–Crippen LogP) is 4.25. The van der Waals surface area contributed by atoms with E-state index >= 15 is 0 Å². The van der Waals surface area contributed by atoms with Gasteiger partial charge in [-0.25, -0.2) is 0 Å². The number of esters is 1. The van der Waals surface area contributed by atoms with Crippen LogP contribution in [0, 0.1) is 16.7 Å². The highest BCUT2D eigenvalue weighted by Crippen LogP contribution is 2.55. The maximum atomic E-state index is 13.7. The zero-order valence-electron chi connectivity index (χ0n) is 22.0. The number of carbonyl (C=O) groups excluding carboxylic acids is 3. The van der Waals surface area contributed by atoms with Crippen LogP contribution < -0.4 is 10.1 Å². The third-order valence-corrected chi connectivity index (χ3v) is 7.43. The molecule has 198 valence electrons.